The maximum absolute atomic E-state index is 12.2. The van der Waals surface area contributed by atoms with E-state index in [0.29, 0.717) is 23.9 Å². The van der Waals surface area contributed by atoms with Gasteiger partial charge in [-0.1, -0.05) is 24.7 Å². The molecule has 1 saturated carbocycles. The van der Waals surface area contributed by atoms with Crippen molar-refractivity contribution in [1.82, 2.24) is 10.2 Å². The predicted molar refractivity (Wildman–Crippen MR) is 70.9 cm³/mol. The van der Waals surface area contributed by atoms with Crippen LogP contribution in [0.2, 0.25) is 0 Å². The summed E-state index contributed by atoms with van der Waals surface area (Å²) in [5.74, 6) is -1.87. The molecule has 1 aliphatic carbocycles. The normalized spacial score (nSPS) is 26.3. The first-order valence-corrected chi connectivity index (χ1v) is 7.16. The van der Waals surface area contributed by atoms with E-state index in [1.54, 1.807) is 6.92 Å². The standard InChI is InChI=1S/C12H17N3O3S/c1-3-7-4-8(9(5-7)11(17)18)10(16)13-12-15-14-6(2)19-12/h7-9H,3-5H2,1-2H3,(H,17,18)(H,13,15,16)/t7?,8-,9+/m0/s1. The van der Waals surface area contributed by atoms with E-state index in [1.165, 1.54) is 11.3 Å². The second kappa shape index (κ2) is 5.64. The number of aromatic nitrogens is 2. The summed E-state index contributed by atoms with van der Waals surface area (Å²) in [6.45, 7) is 3.83. The van der Waals surface area contributed by atoms with Crippen LogP contribution in [0.25, 0.3) is 0 Å². The zero-order chi connectivity index (χ0) is 14.0. The van der Waals surface area contributed by atoms with E-state index in [1.807, 2.05) is 6.92 Å². The summed E-state index contributed by atoms with van der Waals surface area (Å²) in [7, 11) is 0. The average molecular weight is 283 g/mol. The SMILES string of the molecule is CCC1C[C@H](C(=O)Nc2nnc(C)s2)[C@H](C(=O)O)C1. The molecule has 19 heavy (non-hydrogen) atoms. The number of anilines is 1. The van der Waals surface area contributed by atoms with Crippen LogP contribution in [-0.2, 0) is 9.59 Å². The number of carbonyl (C=O) groups excluding carboxylic acids is 1. The number of carbonyl (C=O) groups is 2. The van der Waals surface area contributed by atoms with Crippen LogP contribution in [0.1, 0.15) is 31.2 Å². The van der Waals surface area contributed by atoms with Crippen LogP contribution in [0.3, 0.4) is 0 Å². The molecule has 0 aliphatic heterocycles. The fraction of sp³-hybridized carbons (Fsp3) is 0.667. The molecule has 1 amide bonds. The van der Waals surface area contributed by atoms with E-state index in [0.717, 1.165) is 11.4 Å². The van der Waals surface area contributed by atoms with Gasteiger partial charge in [-0.3, -0.25) is 9.59 Å². The molecule has 104 valence electrons. The molecule has 0 spiro atoms. The first-order chi connectivity index (χ1) is 9.01. The van der Waals surface area contributed by atoms with E-state index in [4.69, 9.17) is 0 Å². The first kappa shape index (κ1) is 13.9. The number of aliphatic carboxylic acids is 1. The first-order valence-electron chi connectivity index (χ1n) is 6.35. The van der Waals surface area contributed by atoms with Crippen molar-refractivity contribution in [1.29, 1.82) is 0 Å². The van der Waals surface area contributed by atoms with Crippen LogP contribution in [0, 0.1) is 24.7 Å². The Balaban J connectivity index is 2.06. The van der Waals surface area contributed by atoms with Gasteiger partial charge in [0.25, 0.3) is 0 Å². The molecule has 1 fully saturated rings. The second-order valence-electron chi connectivity index (χ2n) is 4.91. The third-order valence-electron chi connectivity index (χ3n) is 3.65. The quantitative estimate of drug-likeness (QED) is 0.880. The number of nitrogens with zero attached hydrogens (tertiary/aromatic N) is 2. The van der Waals surface area contributed by atoms with E-state index in [9.17, 15) is 14.7 Å². The van der Waals surface area contributed by atoms with Gasteiger partial charge in [-0.25, -0.2) is 0 Å². The van der Waals surface area contributed by atoms with Gasteiger partial charge in [0.2, 0.25) is 11.0 Å². The van der Waals surface area contributed by atoms with Crippen molar-refractivity contribution in [2.45, 2.75) is 33.1 Å². The molecule has 1 heterocycles. The van der Waals surface area contributed by atoms with Gasteiger partial charge >= 0.3 is 5.97 Å². The largest absolute Gasteiger partial charge is 0.481 e. The van der Waals surface area contributed by atoms with Crippen molar-refractivity contribution in [2.24, 2.45) is 17.8 Å². The van der Waals surface area contributed by atoms with Gasteiger partial charge in [0.05, 0.1) is 11.8 Å². The molecular formula is C12H17N3O3S. The molecule has 2 N–H and O–H groups in total. The third kappa shape index (κ3) is 3.09. The minimum Gasteiger partial charge on any atom is -0.481 e. The summed E-state index contributed by atoms with van der Waals surface area (Å²) in [5.41, 5.74) is 0. The number of carboxylic acids is 1. The molecule has 2 rings (SSSR count). The topological polar surface area (TPSA) is 92.2 Å². The Kier molecular flexibility index (Phi) is 4.14. The van der Waals surface area contributed by atoms with E-state index >= 15 is 0 Å². The highest BCUT2D eigenvalue weighted by Gasteiger charge is 2.42. The highest BCUT2D eigenvalue weighted by molar-refractivity contribution is 7.15. The molecule has 1 aromatic rings. The number of nitrogens with one attached hydrogen (secondary N) is 1. The zero-order valence-electron chi connectivity index (χ0n) is 10.9. The summed E-state index contributed by atoms with van der Waals surface area (Å²) < 4.78 is 0. The van der Waals surface area contributed by atoms with Crippen molar-refractivity contribution in [3.8, 4) is 0 Å². The molecule has 1 unspecified atom stereocenters. The number of hydrogen-bond donors (Lipinski definition) is 2. The van der Waals surface area contributed by atoms with Gasteiger partial charge < -0.3 is 10.4 Å². The number of amides is 1. The van der Waals surface area contributed by atoms with Gasteiger partial charge in [-0.15, -0.1) is 10.2 Å². The van der Waals surface area contributed by atoms with Crippen LogP contribution in [0.4, 0.5) is 5.13 Å². The van der Waals surface area contributed by atoms with Crippen molar-refractivity contribution < 1.29 is 14.7 Å². The Labute approximate surface area is 115 Å². The summed E-state index contributed by atoms with van der Waals surface area (Å²) in [4.78, 5) is 23.4. The van der Waals surface area contributed by atoms with Crippen LogP contribution in [0.15, 0.2) is 0 Å². The number of carboxylic acid groups (broad SMARTS) is 1. The van der Waals surface area contributed by atoms with Crippen LogP contribution < -0.4 is 5.32 Å². The summed E-state index contributed by atoms with van der Waals surface area (Å²) >= 11 is 1.29. The molecule has 7 heteroatoms. The van der Waals surface area contributed by atoms with Crippen molar-refractivity contribution >= 4 is 28.3 Å². The minimum absolute atomic E-state index is 0.250. The van der Waals surface area contributed by atoms with Gasteiger partial charge in [0, 0.05) is 0 Å². The lowest BCUT2D eigenvalue weighted by atomic mass is 9.95. The Morgan fingerprint density at radius 3 is 2.58 bits per heavy atom. The van der Waals surface area contributed by atoms with E-state index < -0.39 is 17.8 Å². The molecule has 6 nitrogen and oxygen atoms in total. The minimum atomic E-state index is -0.885. The predicted octanol–water partition coefficient (Wildman–Crippen LogP) is 1.92. The number of aryl methyl sites for hydroxylation is 1. The lowest BCUT2D eigenvalue weighted by Crippen LogP contribution is -2.29. The van der Waals surface area contributed by atoms with Crippen LogP contribution >= 0.6 is 11.3 Å². The Morgan fingerprint density at radius 1 is 1.37 bits per heavy atom. The summed E-state index contributed by atoms with van der Waals surface area (Å²) in [6, 6.07) is 0. The number of hydrogen-bond acceptors (Lipinski definition) is 5. The lowest BCUT2D eigenvalue weighted by Gasteiger charge is -2.13. The molecule has 3 atom stereocenters. The van der Waals surface area contributed by atoms with Crippen molar-refractivity contribution in [3.63, 3.8) is 0 Å². The Morgan fingerprint density at radius 2 is 2.05 bits per heavy atom. The Bertz CT molecular complexity index is 488. The second-order valence-corrected chi connectivity index (χ2v) is 6.09. The van der Waals surface area contributed by atoms with Crippen LogP contribution in [-0.4, -0.2) is 27.2 Å². The fourth-order valence-electron chi connectivity index (χ4n) is 2.58. The van der Waals surface area contributed by atoms with Crippen molar-refractivity contribution in [3.05, 3.63) is 5.01 Å². The average Bonchev–Trinajstić information content (AvgIpc) is 2.95. The van der Waals surface area contributed by atoms with E-state index in [2.05, 4.69) is 15.5 Å². The molecule has 0 aromatic carbocycles. The molecule has 0 saturated heterocycles. The van der Waals surface area contributed by atoms with Gasteiger partial charge in [-0.2, -0.15) is 0 Å². The molecule has 1 aromatic heterocycles. The maximum atomic E-state index is 12.2. The highest BCUT2D eigenvalue weighted by Crippen LogP contribution is 2.39. The van der Waals surface area contributed by atoms with E-state index in [-0.39, 0.29) is 5.91 Å². The van der Waals surface area contributed by atoms with Crippen LogP contribution in [0.5, 0.6) is 0 Å². The molecule has 0 radical (unpaired) electrons. The molecular weight excluding hydrogens is 266 g/mol. The molecule has 1 aliphatic rings. The highest BCUT2D eigenvalue weighted by atomic mass is 32.1. The Hall–Kier alpha value is -1.50. The summed E-state index contributed by atoms with van der Waals surface area (Å²) in [5, 5.41) is 20.7. The monoisotopic (exact) mass is 283 g/mol. The summed E-state index contributed by atoms with van der Waals surface area (Å²) in [6.07, 6.45) is 2.13. The zero-order valence-corrected chi connectivity index (χ0v) is 11.7. The maximum Gasteiger partial charge on any atom is 0.307 e. The van der Waals surface area contributed by atoms with Gasteiger partial charge in [0.1, 0.15) is 5.01 Å². The lowest BCUT2D eigenvalue weighted by molar-refractivity contribution is -0.145. The van der Waals surface area contributed by atoms with Crippen molar-refractivity contribution in [2.75, 3.05) is 5.32 Å². The third-order valence-corrected chi connectivity index (χ3v) is 4.40. The molecule has 0 bridgehead atoms. The van der Waals surface area contributed by atoms with Gasteiger partial charge in [0.15, 0.2) is 0 Å². The van der Waals surface area contributed by atoms with Gasteiger partial charge in [-0.05, 0) is 25.7 Å². The number of rotatable bonds is 4. The fourth-order valence-corrected chi connectivity index (χ4v) is 3.18. The smallest absolute Gasteiger partial charge is 0.307 e.